The summed E-state index contributed by atoms with van der Waals surface area (Å²) in [7, 11) is 0. The maximum absolute atomic E-state index is 13.7. The second kappa shape index (κ2) is 6.47. The largest absolute Gasteiger partial charge is 0.491 e. The van der Waals surface area contributed by atoms with E-state index in [1.807, 2.05) is 0 Å². The molecular formula is C14H12BrFN2O2. The Labute approximate surface area is 124 Å². The lowest BCUT2D eigenvalue weighted by Gasteiger charge is -2.08. The molecule has 2 aromatic rings. The van der Waals surface area contributed by atoms with E-state index in [0.717, 1.165) is 0 Å². The number of hydrogen-bond donors (Lipinski definition) is 1. The van der Waals surface area contributed by atoms with Gasteiger partial charge in [0.15, 0.2) is 11.6 Å². The van der Waals surface area contributed by atoms with E-state index in [9.17, 15) is 9.18 Å². The summed E-state index contributed by atoms with van der Waals surface area (Å²) in [6.07, 6.45) is 1.51. The number of hydrogen-bond acceptors (Lipinski definition) is 3. The van der Waals surface area contributed by atoms with Crippen molar-refractivity contribution in [2.24, 2.45) is 0 Å². The molecule has 1 heterocycles. The number of rotatable bonds is 4. The Hall–Kier alpha value is -1.95. The number of carbonyl (C=O) groups is 1. The third-order valence-electron chi connectivity index (χ3n) is 2.48. The monoisotopic (exact) mass is 338 g/mol. The van der Waals surface area contributed by atoms with Crippen LogP contribution in [0.4, 0.5) is 10.1 Å². The van der Waals surface area contributed by atoms with Gasteiger partial charge in [0.25, 0.3) is 5.91 Å². The number of amides is 1. The predicted molar refractivity (Wildman–Crippen MR) is 77.5 cm³/mol. The highest BCUT2D eigenvalue weighted by atomic mass is 79.9. The fraction of sp³-hybridized carbons (Fsp3) is 0.143. The van der Waals surface area contributed by atoms with Gasteiger partial charge in [-0.05, 0) is 47.1 Å². The highest BCUT2D eigenvalue weighted by Crippen LogP contribution is 2.21. The van der Waals surface area contributed by atoms with Crippen molar-refractivity contribution in [2.75, 3.05) is 11.9 Å². The molecule has 1 aromatic heterocycles. The van der Waals surface area contributed by atoms with Gasteiger partial charge in [-0.2, -0.15) is 0 Å². The molecule has 20 heavy (non-hydrogen) atoms. The van der Waals surface area contributed by atoms with Gasteiger partial charge in [0.2, 0.25) is 0 Å². The maximum atomic E-state index is 13.7. The van der Waals surface area contributed by atoms with Crippen LogP contribution in [-0.4, -0.2) is 17.5 Å². The summed E-state index contributed by atoms with van der Waals surface area (Å²) in [6, 6.07) is 7.45. The molecular weight excluding hydrogens is 327 g/mol. The van der Waals surface area contributed by atoms with Crippen LogP contribution < -0.4 is 10.1 Å². The number of carbonyl (C=O) groups excluding carboxylic acids is 1. The molecule has 1 aromatic carbocycles. The van der Waals surface area contributed by atoms with Gasteiger partial charge in [-0.15, -0.1) is 0 Å². The fourth-order valence-electron chi connectivity index (χ4n) is 1.60. The minimum absolute atomic E-state index is 0.164. The first-order valence-corrected chi connectivity index (χ1v) is 6.74. The lowest BCUT2D eigenvalue weighted by Crippen LogP contribution is -2.12. The van der Waals surface area contributed by atoms with Gasteiger partial charge in [0.05, 0.1) is 6.61 Å². The topological polar surface area (TPSA) is 51.2 Å². The minimum atomic E-state index is -0.513. The Morgan fingerprint density at radius 1 is 1.40 bits per heavy atom. The average Bonchev–Trinajstić information content (AvgIpc) is 2.42. The Kier molecular flexibility index (Phi) is 4.68. The lowest BCUT2D eigenvalue weighted by atomic mass is 10.2. The normalized spacial score (nSPS) is 10.2. The highest BCUT2D eigenvalue weighted by molar-refractivity contribution is 9.10. The van der Waals surface area contributed by atoms with Crippen LogP contribution in [0.5, 0.6) is 5.75 Å². The van der Waals surface area contributed by atoms with Crippen molar-refractivity contribution in [3.05, 3.63) is 52.5 Å². The van der Waals surface area contributed by atoms with Crippen LogP contribution in [0.3, 0.4) is 0 Å². The molecule has 0 saturated heterocycles. The van der Waals surface area contributed by atoms with Gasteiger partial charge >= 0.3 is 0 Å². The third kappa shape index (κ3) is 3.54. The van der Waals surface area contributed by atoms with E-state index in [4.69, 9.17) is 4.74 Å². The van der Waals surface area contributed by atoms with Crippen molar-refractivity contribution < 1.29 is 13.9 Å². The summed E-state index contributed by atoms with van der Waals surface area (Å²) in [5.41, 5.74) is 0.796. The molecule has 0 spiro atoms. The van der Waals surface area contributed by atoms with Crippen molar-refractivity contribution in [2.45, 2.75) is 6.92 Å². The van der Waals surface area contributed by atoms with Crippen LogP contribution in [0.25, 0.3) is 0 Å². The number of benzene rings is 1. The van der Waals surface area contributed by atoms with E-state index < -0.39 is 5.82 Å². The van der Waals surface area contributed by atoms with Crippen molar-refractivity contribution in [3.8, 4) is 5.75 Å². The molecule has 0 radical (unpaired) electrons. The molecule has 6 heteroatoms. The second-order valence-electron chi connectivity index (χ2n) is 3.90. The van der Waals surface area contributed by atoms with Crippen LogP contribution in [0.15, 0.2) is 41.1 Å². The van der Waals surface area contributed by atoms with Crippen molar-refractivity contribution >= 4 is 27.5 Å². The standard InChI is InChI=1S/C14H12BrFN2O2/c1-2-20-12-4-3-10(8-11(12)16)18-14(19)9-5-6-17-13(15)7-9/h3-8H,2H2,1H3,(H,18,19). The zero-order valence-electron chi connectivity index (χ0n) is 10.7. The Morgan fingerprint density at radius 3 is 2.85 bits per heavy atom. The van der Waals surface area contributed by atoms with Gasteiger partial charge in [0, 0.05) is 23.5 Å². The van der Waals surface area contributed by atoms with Crippen LogP contribution in [0.1, 0.15) is 17.3 Å². The molecule has 0 aliphatic carbocycles. The number of aromatic nitrogens is 1. The van der Waals surface area contributed by atoms with Crippen molar-refractivity contribution in [1.29, 1.82) is 0 Å². The molecule has 104 valence electrons. The molecule has 1 N–H and O–H groups in total. The molecule has 0 aliphatic rings. The third-order valence-corrected chi connectivity index (χ3v) is 2.91. The maximum Gasteiger partial charge on any atom is 0.255 e. The minimum Gasteiger partial charge on any atom is -0.491 e. The number of nitrogens with zero attached hydrogens (tertiary/aromatic N) is 1. The lowest BCUT2D eigenvalue weighted by molar-refractivity contribution is 0.102. The van der Waals surface area contributed by atoms with Gasteiger partial charge < -0.3 is 10.1 Å². The number of halogens is 2. The number of pyridine rings is 1. The van der Waals surface area contributed by atoms with E-state index in [1.54, 1.807) is 25.1 Å². The molecule has 4 nitrogen and oxygen atoms in total. The summed E-state index contributed by atoms with van der Waals surface area (Å²) in [6.45, 7) is 2.16. The van der Waals surface area contributed by atoms with Gasteiger partial charge in [-0.1, -0.05) is 0 Å². The van der Waals surface area contributed by atoms with Crippen LogP contribution in [-0.2, 0) is 0 Å². The Bertz CT molecular complexity index is 634. The molecule has 1 amide bonds. The summed E-state index contributed by atoms with van der Waals surface area (Å²) < 4.78 is 19.3. The van der Waals surface area contributed by atoms with Gasteiger partial charge in [-0.3, -0.25) is 4.79 Å². The molecule has 0 unspecified atom stereocenters. The summed E-state index contributed by atoms with van der Waals surface area (Å²) in [5, 5.41) is 2.61. The fourth-order valence-corrected chi connectivity index (χ4v) is 1.96. The molecule has 0 fully saturated rings. The van der Waals surface area contributed by atoms with E-state index in [2.05, 4.69) is 26.2 Å². The first kappa shape index (κ1) is 14.5. The molecule has 2 rings (SSSR count). The van der Waals surface area contributed by atoms with E-state index >= 15 is 0 Å². The number of ether oxygens (including phenoxy) is 1. The summed E-state index contributed by atoms with van der Waals surface area (Å²) >= 11 is 3.19. The summed E-state index contributed by atoms with van der Waals surface area (Å²) in [5.74, 6) is -0.686. The van der Waals surface area contributed by atoms with Crippen LogP contribution >= 0.6 is 15.9 Å². The van der Waals surface area contributed by atoms with Crippen LogP contribution in [0.2, 0.25) is 0 Å². The Balaban J connectivity index is 2.14. The van der Waals surface area contributed by atoms with Crippen LogP contribution in [0, 0.1) is 5.82 Å². The molecule has 0 saturated carbocycles. The van der Waals surface area contributed by atoms with E-state index in [1.165, 1.54) is 18.3 Å². The van der Waals surface area contributed by atoms with E-state index in [-0.39, 0.29) is 11.7 Å². The smallest absolute Gasteiger partial charge is 0.255 e. The number of anilines is 1. The number of nitrogens with one attached hydrogen (secondary N) is 1. The zero-order chi connectivity index (χ0) is 14.5. The summed E-state index contributed by atoms with van der Waals surface area (Å²) in [4.78, 5) is 15.9. The van der Waals surface area contributed by atoms with Crippen molar-refractivity contribution in [3.63, 3.8) is 0 Å². The first-order valence-electron chi connectivity index (χ1n) is 5.95. The molecule has 0 atom stereocenters. The quantitative estimate of drug-likeness (QED) is 0.866. The first-order chi connectivity index (χ1) is 9.60. The Morgan fingerprint density at radius 2 is 2.20 bits per heavy atom. The SMILES string of the molecule is CCOc1ccc(NC(=O)c2ccnc(Br)c2)cc1F. The van der Waals surface area contributed by atoms with E-state index in [0.29, 0.717) is 22.5 Å². The predicted octanol–water partition coefficient (Wildman–Crippen LogP) is 3.63. The zero-order valence-corrected chi connectivity index (χ0v) is 12.3. The average molecular weight is 339 g/mol. The molecule has 0 bridgehead atoms. The highest BCUT2D eigenvalue weighted by Gasteiger charge is 2.09. The van der Waals surface area contributed by atoms with Gasteiger partial charge in [-0.25, -0.2) is 9.37 Å². The van der Waals surface area contributed by atoms with Gasteiger partial charge in [0.1, 0.15) is 4.60 Å². The molecule has 0 aliphatic heterocycles. The second-order valence-corrected chi connectivity index (χ2v) is 4.71. The van der Waals surface area contributed by atoms with Crippen molar-refractivity contribution in [1.82, 2.24) is 4.98 Å².